The van der Waals surface area contributed by atoms with E-state index in [0.29, 0.717) is 0 Å². The molecule has 4 N–H and O–H groups in total. The molecule has 0 aromatic heterocycles. The third-order valence-electron chi connectivity index (χ3n) is 2.13. The molecule has 4 heteroatoms. The molecule has 0 amide bonds. The highest BCUT2D eigenvalue weighted by atomic mass is 16.5. The monoisotopic (exact) mass is 208 g/mol. The molecule has 0 heterocycles. The molecule has 0 fully saturated rings. The van der Waals surface area contributed by atoms with Crippen LogP contribution in [0, 0.1) is 5.92 Å². The van der Waals surface area contributed by atoms with Crippen molar-refractivity contribution < 1.29 is 9.53 Å². The van der Waals surface area contributed by atoms with Gasteiger partial charge in [0, 0.05) is 13.1 Å². The summed E-state index contributed by atoms with van der Waals surface area (Å²) in [6, 6.07) is 9.49. The Bertz CT molecular complexity index is 297. The molecule has 82 valence electrons. The van der Waals surface area contributed by atoms with Gasteiger partial charge in [-0.3, -0.25) is 4.79 Å². The van der Waals surface area contributed by atoms with E-state index in [0.717, 1.165) is 5.56 Å². The highest BCUT2D eigenvalue weighted by molar-refractivity contribution is 5.72. The van der Waals surface area contributed by atoms with Crippen molar-refractivity contribution in [2.45, 2.75) is 6.61 Å². The second kappa shape index (κ2) is 6.16. The van der Waals surface area contributed by atoms with E-state index >= 15 is 0 Å². The second-order valence-electron chi connectivity index (χ2n) is 3.26. The van der Waals surface area contributed by atoms with Crippen LogP contribution in [0.15, 0.2) is 30.3 Å². The van der Waals surface area contributed by atoms with Crippen molar-refractivity contribution in [3.63, 3.8) is 0 Å². The van der Waals surface area contributed by atoms with Crippen molar-refractivity contribution in [1.29, 1.82) is 0 Å². The molecule has 1 rings (SSSR count). The Balaban J connectivity index is 2.40. The summed E-state index contributed by atoms with van der Waals surface area (Å²) in [5.41, 5.74) is 11.7. The van der Waals surface area contributed by atoms with E-state index in [9.17, 15) is 4.79 Å². The van der Waals surface area contributed by atoms with Crippen molar-refractivity contribution in [1.82, 2.24) is 0 Å². The van der Waals surface area contributed by atoms with Crippen LogP contribution in [0.5, 0.6) is 0 Å². The van der Waals surface area contributed by atoms with Crippen LogP contribution >= 0.6 is 0 Å². The number of carbonyl (C=O) groups is 1. The Labute approximate surface area is 89.2 Å². The smallest absolute Gasteiger partial charge is 0.311 e. The van der Waals surface area contributed by atoms with Gasteiger partial charge in [0.15, 0.2) is 0 Å². The summed E-state index contributed by atoms with van der Waals surface area (Å²) in [6.45, 7) is 0.727. The fourth-order valence-corrected chi connectivity index (χ4v) is 1.14. The maximum Gasteiger partial charge on any atom is 0.311 e. The van der Waals surface area contributed by atoms with Crippen LogP contribution in [0.25, 0.3) is 0 Å². The lowest BCUT2D eigenvalue weighted by Gasteiger charge is -2.11. The average Bonchev–Trinajstić information content (AvgIpc) is 2.29. The number of esters is 1. The van der Waals surface area contributed by atoms with Crippen LogP contribution in [-0.2, 0) is 16.1 Å². The highest BCUT2D eigenvalue weighted by Crippen LogP contribution is 2.03. The summed E-state index contributed by atoms with van der Waals surface area (Å²) in [7, 11) is 0. The number of hydrogen-bond donors (Lipinski definition) is 2. The molecule has 1 aromatic carbocycles. The van der Waals surface area contributed by atoms with Gasteiger partial charge < -0.3 is 16.2 Å². The van der Waals surface area contributed by atoms with Crippen molar-refractivity contribution in [3.05, 3.63) is 35.9 Å². The van der Waals surface area contributed by atoms with Crippen LogP contribution in [0.2, 0.25) is 0 Å². The molecule has 0 saturated heterocycles. The molecule has 4 nitrogen and oxygen atoms in total. The minimum Gasteiger partial charge on any atom is -0.461 e. The highest BCUT2D eigenvalue weighted by Gasteiger charge is 2.15. The number of benzene rings is 1. The van der Waals surface area contributed by atoms with Crippen molar-refractivity contribution in [3.8, 4) is 0 Å². The Kier molecular flexibility index (Phi) is 4.80. The van der Waals surface area contributed by atoms with E-state index in [2.05, 4.69) is 0 Å². The Hall–Kier alpha value is -1.39. The molecule has 0 saturated carbocycles. The van der Waals surface area contributed by atoms with Gasteiger partial charge in [0.05, 0.1) is 5.92 Å². The van der Waals surface area contributed by atoms with Crippen LogP contribution < -0.4 is 11.5 Å². The zero-order valence-corrected chi connectivity index (χ0v) is 8.56. The van der Waals surface area contributed by atoms with Crippen LogP contribution in [0.4, 0.5) is 0 Å². The first-order valence-corrected chi connectivity index (χ1v) is 4.88. The maximum atomic E-state index is 11.4. The van der Waals surface area contributed by atoms with Crippen molar-refractivity contribution >= 4 is 5.97 Å². The Morgan fingerprint density at radius 2 is 1.80 bits per heavy atom. The van der Waals surface area contributed by atoms with Gasteiger partial charge in [0.2, 0.25) is 0 Å². The molecule has 0 radical (unpaired) electrons. The molecule has 1 aromatic rings. The van der Waals surface area contributed by atoms with Gasteiger partial charge in [-0.15, -0.1) is 0 Å². The van der Waals surface area contributed by atoms with Gasteiger partial charge in [0.25, 0.3) is 0 Å². The van der Waals surface area contributed by atoms with E-state index in [1.165, 1.54) is 0 Å². The minimum atomic E-state index is -0.395. The third kappa shape index (κ3) is 3.69. The Morgan fingerprint density at radius 1 is 1.20 bits per heavy atom. The number of hydrogen-bond acceptors (Lipinski definition) is 4. The first kappa shape index (κ1) is 11.7. The van der Waals surface area contributed by atoms with E-state index in [-0.39, 0.29) is 25.7 Å². The van der Waals surface area contributed by atoms with E-state index in [1.54, 1.807) is 0 Å². The molecular formula is C11H16N2O2. The summed E-state index contributed by atoms with van der Waals surface area (Å²) >= 11 is 0. The molecule has 0 aliphatic carbocycles. The fraction of sp³-hybridized carbons (Fsp3) is 0.364. The number of ether oxygens (including phenoxy) is 1. The lowest BCUT2D eigenvalue weighted by atomic mass is 10.1. The van der Waals surface area contributed by atoms with Gasteiger partial charge in [0.1, 0.15) is 6.61 Å². The molecule has 0 aliphatic rings. The van der Waals surface area contributed by atoms with Crippen LogP contribution in [-0.4, -0.2) is 19.1 Å². The molecular weight excluding hydrogens is 192 g/mol. The lowest BCUT2D eigenvalue weighted by Crippen LogP contribution is -2.32. The molecule has 0 bridgehead atoms. The maximum absolute atomic E-state index is 11.4. The second-order valence-corrected chi connectivity index (χ2v) is 3.26. The molecule has 0 atom stereocenters. The van der Waals surface area contributed by atoms with Crippen LogP contribution in [0.1, 0.15) is 5.56 Å². The topological polar surface area (TPSA) is 78.3 Å². The third-order valence-corrected chi connectivity index (χ3v) is 2.13. The summed E-state index contributed by atoms with van der Waals surface area (Å²) in [4.78, 5) is 11.4. The molecule has 0 aliphatic heterocycles. The normalized spacial score (nSPS) is 10.3. The average molecular weight is 208 g/mol. The van der Waals surface area contributed by atoms with Gasteiger partial charge in [-0.05, 0) is 5.56 Å². The van der Waals surface area contributed by atoms with Crippen molar-refractivity contribution in [2.75, 3.05) is 13.1 Å². The minimum absolute atomic E-state index is 0.226. The first-order valence-electron chi connectivity index (χ1n) is 4.88. The van der Waals surface area contributed by atoms with Gasteiger partial charge >= 0.3 is 5.97 Å². The zero-order chi connectivity index (χ0) is 11.1. The predicted octanol–water partition coefficient (Wildman–Crippen LogP) is 0.263. The standard InChI is InChI=1S/C11H16N2O2/c12-6-10(7-13)11(14)15-8-9-4-2-1-3-5-9/h1-5,10H,6-8,12-13H2. The number of nitrogens with two attached hydrogens (primary N) is 2. The summed E-state index contributed by atoms with van der Waals surface area (Å²) in [5, 5.41) is 0. The quantitative estimate of drug-likeness (QED) is 0.680. The van der Waals surface area contributed by atoms with Gasteiger partial charge in [-0.25, -0.2) is 0 Å². The SMILES string of the molecule is NCC(CN)C(=O)OCc1ccccc1. The Morgan fingerprint density at radius 3 is 2.33 bits per heavy atom. The first-order chi connectivity index (χ1) is 7.27. The van der Waals surface area contributed by atoms with E-state index in [4.69, 9.17) is 16.2 Å². The van der Waals surface area contributed by atoms with Gasteiger partial charge in [-0.2, -0.15) is 0 Å². The van der Waals surface area contributed by atoms with E-state index < -0.39 is 5.92 Å². The molecule has 0 unspecified atom stereocenters. The number of rotatable bonds is 5. The van der Waals surface area contributed by atoms with Crippen LogP contribution in [0.3, 0.4) is 0 Å². The summed E-state index contributed by atoms with van der Waals surface area (Å²) < 4.78 is 5.07. The largest absolute Gasteiger partial charge is 0.461 e. The molecule has 0 spiro atoms. The summed E-state index contributed by atoms with van der Waals surface area (Å²) in [6.07, 6.45) is 0. The number of carbonyl (C=O) groups excluding carboxylic acids is 1. The molecule has 15 heavy (non-hydrogen) atoms. The fourth-order valence-electron chi connectivity index (χ4n) is 1.14. The lowest BCUT2D eigenvalue weighted by molar-refractivity contribution is -0.149. The van der Waals surface area contributed by atoms with E-state index in [1.807, 2.05) is 30.3 Å². The van der Waals surface area contributed by atoms with Gasteiger partial charge in [-0.1, -0.05) is 30.3 Å². The predicted molar refractivity (Wildman–Crippen MR) is 57.8 cm³/mol. The zero-order valence-electron chi connectivity index (χ0n) is 8.56. The summed E-state index contributed by atoms with van der Waals surface area (Å²) in [5.74, 6) is -0.724. The van der Waals surface area contributed by atoms with Crippen molar-refractivity contribution in [2.24, 2.45) is 17.4 Å².